The largest absolute Gasteiger partial charge is 0.418 e. The van der Waals surface area contributed by atoms with E-state index in [-0.39, 0.29) is 26.1 Å². The number of halogens is 5. The van der Waals surface area contributed by atoms with Crippen molar-refractivity contribution >= 4 is 54.7 Å². The summed E-state index contributed by atoms with van der Waals surface area (Å²) in [4.78, 5) is 4.39. The third kappa shape index (κ3) is 5.11. The Hall–Kier alpha value is -2.77. The number of aromatic nitrogens is 1. The predicted octanol–water partition coefficient (Wildman–Crippen LogP) is 8.27. The van der Waals surface area contributed by atoms with Gasteiger partial charge in [0.05, 0.1) is 16.8 Å². The van der Waals surface area contributed by atoms with Crippen molar-refractivity contribution in [3.63, 3.8) is 0 Å². The molecule has 0 saturated heterocycles. The molecule has 0 aliphatic heterocycles. The van der Waals surface area contributed by atoms with Crippen molar-refractivity contribution in [1.29, 1.82) is 5.26 Å². The van der Waals surface area contributed by atoms with Gasteiger partial charge in [0.25, 0.3) is 0 Å². The molecular weight excluding hydrogens is 539 g/mol. The molecule has 3 rings (SSSR count). The maximum Gasteiger partial charge on any atom is 0.418 e. The lowest BCUT2D eigenvalue weighted by molar-refractivity contribution is -0.137. The van der Waals surface area contributed by atoms with E-state index in [1.165, 1.54) is 6.07 Å². The van der Waals surface area contributed by atoms with Gasteiger partial charge in [-0.05, 0) is 59.6 Å². The summed E-state index contributed by atoms with van der Waals surface area (Å²) in [6, 6.07) is 13.5. The van der Waals surface area contributed by atoms with E-state index in [0.29, 0.717) is 22.5 Å². The molecule has 0 bridgehead atoms. The Bertz CT molecular complexity index is 1200. The highest BCUT2D eigenvalue weighted by atomic mass is 79.9. The third-order valence-corrected chi connectivity index (χ3v) is 5.39. The molecule has 0 fully saturated rings. The fourth-order valence-electron chi connectivity index (χ4n) is 2.86. The molecule has 3 aromatic rings. The molecule has 1 N–H and O–H groups in total. The summed E-state index contributed by atoms with van der Waals surface area (Å²) in [5.41, 5.74) is 0.772. The first-order valence-corrected chi connectivity index (χ1v) is 10.4. The van der Waals surface area contributed by atoms with Crippen molar-refractivity contribution < 1.29 is 13.2 Å². The van der Waals surface area contributed by atoms with E-state index in [4.69, 9.17) is 0 Å². The van der Waals surface area contributed by atoms with Crippen LogP contribution in [0.2, 0.25) is 0 Å². The summed E-state index contributed by atoms with van der Waals surface area (Å²) in [5.74, 6) is 0.283. The monoisotopic (exact) mass is 551 g/mol. The molecule has 158 valence electrons. The van der Waals surface area contributed by atoms with Gasteiger partial charge in [-0.25, -0.2) is 4.98 Å². The van der Waals surface area contributed by atoms with Gasteiger partial charge in [-0.3, -0.25) is 0 Å². The van der Waals surface area contributed by atoms with Gasteiger partial charge in [-0.1, -0.05) is 34.1 Å². The first-order valence-electron chi connectivity index (χ1n) is 8.83. The van der Waals surface area contributed by atoms with Crippen molar-refractivity contribution in [2.75, 3.05) is 5.32 Å². The predicted molar refractivity (Wildman–Crippen MR) is 119 cm³/mol. The molecule has 0 amide bonds. The van der Waals surface area contributed by atoms with Crippen molar-refractivity contribution in [3.8, 4) is 6.07 Å². The zero-order valence-corrected chi connectivity index (χ0v) is 19.4. The zero-order valence-electron chi connectivity index (χ0n) is 16.2. The van der Waals surface area contributed by atoms with Crippen LogP contribution in [0.1, 0.15) is 22.4 Å². The van der Waals surface area contributed by atoms with Crippen LogP contribution < -0.4 is 5.32 Å². The van der Waals surface area contributed by atoms with E-state index >= 15 is 0 Å². The lowest BCUT2D eigenvalue weighted by atomic mass is 10.1. The standard InChI is InChI=1S/C21H14Br2F3N5/c1-11-15(10-27)12(2)28-20(29-14-6-4-3-5-7-14)18(11)30-31-19-16(21(24,25)26)8-13(22)9-17(19)23/h3-9H,1-2H3,(H,28,29). The number of pyridine rings is 1. The van der Waals surface area contributed by atoms with Crippen LogP contribution in [0.5, 0.6) is 0 Å². The lowest BCUT2D eigenvalue weighted by Crippen LogP contribution is -2.05. The number of anilines is 2. The van der Waals surface area contributed by atoms with Crippen LogP contribution in [0.15, 0.2) is 61.6 Å². The molecule has 0 aliphatic carbocycles. The maximum absolute atomic E-state index is 13.5. The molecule has 10 heteroatoms. The summed E-state index contributed by atoms with van der Waals surface area (Å²) in [6.45, 7) is 3.33. The second-order valence-electron chi connectivity index (χ2n) is 6.48. The van der Waals surface area contributed by atoms with Gasteiger partial charge < -0.3 is 5.32 Å². The average Bonchev–Trinajstić information content (AvgIpc) is 2.69. The normalized spacial score (nSPS) is 11.5. The van der Waals surface area contributed by atoms with Crippen LogP contribution in [0.3, 0.4) is 0 Å². The number of hydrogen-bond acceptors (Lipinski definition) is 5. The molecule has 0 atom stereocenters. The van der Waals surface area contributed by atoms with Gasteiger partial charge in [-0.2, -0.15) is 18.4 Å². The summed E-state index contributed by atoms with van der Waals surface area (Å²) < 4.78 is 41.0. The molecule has 0 spiro atoms. The third-order valence-electron chi connectivity index (χ3n) is 4.33. The first-order chi connectivity index (χ1) is 14.6. The minimum Gasteiger partial charge on any atom is -0.338 e. The van der Waals surface area contributed by atoms with Crippen molar-refractivity contribution in [1.82, 2.24) is 4.98 Å². The van der Waals surface area contributed by atoms with Crippen molar-refractivity contribution in [2.24, 2.45) is 10.2 Å². The molecule has 0 aliphatic rings. The van der Waals surface area contributed by atoms with Crippen LogP contribution in [-0.2, 0) is 6.18 Å². The topological polar surface area (TPSA) is 73.4 Å². The second-order valence-corrected chi connectivity index (χ2v) is 8.25. The number of nitriles is 1. The van der Waals surface area contributed by atoms with E-state index in [1.807, 2.05) is 18.2 Å². The maximum atomic E-state index is 13.5. The Balaban J connectivity index is 2.18. The molecule has 0 saturated carbocycles. The summed E-state index contributed by atoms with van der Waals surface area (Å²) >= 11 is 6.19. The smallest absolute Gasteiger partial charge is 0.338 e. The fraction of sp³-hybridized carbons (Fsp3) is 0.143. The first kappa shape index (κ1) is 22.9. The number of aryl methyl sites for hydroxylation is 1. The Morgan fingerprint density at radius 2 is 1.68 bits per heavy atom. The number of hydrogen-bond donors (Lipinski definition) is 1. The summed E-state index contributed by atoms with van der Waals surface area (Å²) in [6.07, 6.45) is -4.63. The van der Waals surface area contributed by atoms with Crippen molar-refractivity contribution in [2.45, 2.75) is 20.0 Å². The molecular formula is C21H14Br2F3N5. The number of benzene rings is 2. The van der Waals surface area contributed by atoms with E-state index < -0.39 is 11.7 Å². The van der Waals surface area contributed by atoms with E-state index in [9.17, 15) is 18.4 Å². The quantitative estimate of drug-likeness (QED) is 0.331. The molecule has 0 unspecified atom stereocenters. The average molecular weight is 553 g/mol. The number of para-hydroxylation sites is 1. The number of nitrogens with one attached hydrogen (secondary N) is 1. The van der Waals surface area contributed by atoms with Gasteiger partial charge in [0, 0.05) is 14.6 Å². The van der Waals surface area contributed by atoms with Gasteiger partial charge >= 0.3 is 6.18 Å². The highest BCUT2D eigenvalue weighted by Gasteiger charge is 2.35. The van der Waals surface area contributed by atoms with Crippen LogP contribution in [-0.4, -0.2) is 4.98 Å². The molecule has 1 aromatic heterocycles. The SMILES string of the molecule is Cc1nc(Nc2ccccc2)c(N=Nc2c(Br)cc(Br)cc2C(F)(F)F)c(C)c1C#N. The van der Waals surface area contributed by atoms with Gasteiger partial charge in [0.1, 0.15) is 17.4 Å². The number of azo groups is 1. The molecule has 2 aromatic carbocycles. The Kier molecular flexibility index (Phi) is 6.77. The van der Waals surface area contributed by atoms with Gasteiger partial charge in [0.2, 0.25) is 0 Å². The summed E-state index contributed by atoms with van der Waals surface area (Å²) in [5, 5.41) is 20.6. The second kappa shape index (κ2) is 9.16. The van der Waals surface area contributed by atoms with Crippen LogP contribution in [0.25, 0.3) is 0 Å². The number of alkyl halides is 3. The van der Waals surface area contributed by atoms with Crippen LogP contribution in [0, 0.1) is 25.2 Å². The molecule has 1 heterocycles. The highest BCUT2D eigenvalue weighted by molar-refractivity contribution is 9.11. The fourth-order valence-corrected chi connectivity index (χ4v) is 4.16. The minimum atomic E-state index is -4.63. The Morgan fingerprint density at radius 3 is 2.29 bits per heavy atom. The molecule has 0 radical (unpaired) electrons. The highest BCUT2D eigenvalue weighted by Crippen LogP contribution is 2.44. The Labute approximate surface area is 193 Å². The van der Waals surface area contributed by atoms with E-state index in [0.717, 1.165) is 6.07 Å². The van der Waals surface area contributed by atoms with E-state index in [2.05, 4.69) is 58.5 Å². The lowest BCUT2D eigenvalue weighted by Gasteiger charge is -2.14. The van der Waals surface area contributed by atoms with Crippen LogP contribution in [0.4, 0.5) is 36.1 Å². The van der Waals surface area contributed by atoms with Crippen LogP contribution >= 0.6 is 31.9 Å². The number of nitrogens with zero attached hydrogens (tertiary/aromatic N) is 4. The van der Waals surface area contributed by atoms with E-state index in [1.54, 1.807) is 26.0 Å². The number of rotatable bonds is 4. The zero-order chi connectivity index (χ0) is 22.8. The van der Waals surface area contributed by atoms with Gasteiger partial charge in [-0.15, -0.1) is 10.2 Å². The Morgan fingerprint density at radius 1 is 1.03 bits per heavy atom. The minimum absolute atomic E-state index is 0.119. The molecule has 31 heavy (non-hydrogen) atoms. The molecule has 5 nitrogen and oxygen atoms in total. The summed E-state index contributed by atoms with van der Waals surface area (Å²) in [7, 11) is 0. The van der Waals surface area contributed by atoms with Gasteiger partial charge in [0.15, 0.2) is 5.82 Å². The van der Waals surface area contributed by atoms with Crippen molar-refractivity contribution in [3.05, 3.63) is 73.8 Å².